The van der Waals surface area contributed by atoms with Crippen LogP contribution in [-0.4, -0.2) is 27.2 Å². The van der Waals surface area contributed by atoms with Crippen molar-refractivity contribution in [3.63, 3.8) is 0 Å². The molecule has 1 aromatic carbocycles. The summed E-state index contributed by atoms with van der Waals surface area (Å²) >= 11 is 0. The first-order valence-corrected chi connectivity index (χ1v) is 5.86. The van der Waals surface area contributed by atoms with E-state index >= 15 is 0 Å². The van der Waals surface area contributed by atoms with Crippen LogP contribution in [0.15, 0.2) is 36.4 Å². The van der Waals surface area contributed by atoms with Gasteiger partial charge in [0, 0.05) is 6.42 Å². The zero-order valence-electron chi connectivity index (χ0n) is 10.6. The van der Waals surface area contributed by atoms with E-state index in [-0.39, 0.29) is 13.0 Å². The minimum absolute atomic E-state index is 0.0750. The van der Waals surface area contributed by atoms with Crippen LogP contribution in [0, 0.1) is 0 Å². The molecule has 2 N–H and O–H groups in total. The first kappa shape index (κ1) is 13.1. The summed E-state index contributed by atoms with van der Waals surface area (Å²) in [5.41, 5.74) is 0.334. The Kier molecular flexibility index (Phi) is 3.06. The molecule has 2 rings (SSSR count). The fourth-order valence-electron chi connectivity index (χ4n) is 2.68. The smallest absolute Gasteiger partial charge is 0.408 e. The molecule has 0 aromatic heterocycles. The monoisotopic (exact) mass is 261 g/mol. The second-order valence-electron chi connectivity index (χ2n) is 4.83. The van der Waals surface area contributed by atoms with Gasteiger partial charge in [-0.15, -0.1) is 6.58 Å². The number of hydrogen-bond donors (Lipinski definition) is 2. The Morgan fingerprint density at radius 1 is 1.37 bits per heavy atom. The summed E-state index contributed by atoms with van der Waals surface area (Å²) in [7, 11) is 0. The number of carboxylic acid groups (broad SMARTS) is 2. The van der Waals surface area contributed by atoms with Gasteiger partial charge in [-0.2, -0.15) is 0 Å². The molecule has 1 unspecified atom stereocenters. The molecule has 0 fully saturated rings. The summed E-state index contributed by atoms with van der Waals surface area (Å²) in [4.78, 5) is 24.2. The van der Waals surface area contributed by atoms with Crippen molar-refractivity contribution in [1.29, 1.82) is 0 Å². The molecule has 0 saturated carbocycles. The molecule has 1 aliphatic heterocycles. The molecule has 1 aromatic rings. The van der Waals surface area contributed by atoms with Gasteiger partial charge in [-0.1, -0.05) is 29.8 Å². The van der Waals surface area contributed by atoms with Gasteiger partial charge in [0.2, 0.25) is 0 Å². The molecule has 1 amide bonds. The van der Waals surface area contributed by atoms with Crippen LogP contribution < -0.4 is 0 Å². The Balaban J connectivity index is 2.67. The molecular weight excluding hydrogens is 246 g/mol. The molecule has 0 aliphatic carbocycles. The molecule has 0 bridgehead atoms. The Morgan fingerprint density at radius 3 is 2.53 bits per heavy atom. The molecule has 100 valence electrons. The van der Waals surface area contributed by atoms with Crippen LogP contribution in [0.5, 0.6) is 0 Å². The molecule has 0 spiro atoms. The highest BCUT2D eigenvalue weighted by atomic mass is 16.4. The van der Waals surface area contributed by atoms with Crippen molar-refractivity contribution in [3.8, 4) is 0 Å². The van der Waals surface area contributed by atoms with E-state index in [1.165, 1.54) is 0 Å². The number of hydrogen-bond acceptors (Lipinski definition) is 2. The molecule has 0 saturated heterocycles. The molecular formula is C14H15NO4. The lowest BCUT2D eigenvalue weighted by molar-refractivity contribution is -0.150. The van der Waals surface area contributed by atoms with Crippen molar-refractivity contribution in [1.82, 2.24) is 4.90 Å². The average molecular weight is 261 g/mol. The second kappa shape index (κ2) is 4.42. The zero-order chi connectivity index (χ0) is 14.2. The minimum atomic E-state index is -1.56. The summed E-state index contributed by atoms with van der Waals surface area (Å²) < 4.78 is 0. The predicted molar refractivity (Wildman–Crippen MR) is 68.8 cm³/mol. The largest absolute Gasteiger partial charge is 0.479 e. The summed E-state index contributed by atoms with van der Waals surface area (Å²) in [5, 5.41) is 18.9. The normalized spacial score (nSPS) is 21.0. The number of aliphatic carboxylic acids is 1. The Morgan fingerprint density at radius 2 is 2.00 bits per heavy atom. The lowest BCUT2D eigenvalue weighted by Gasteiger charge is -2.33. The average Bonchev–Trinajstić information content (AvgIpc) is 2.65. The van der Waals surface area contributed by atoms with Crippen molar-refractivity contribution in [2.24, 2.45) is 0 Å². The number of nitrogens with zero attached hydrogens (tertiary/aromatic N) is 1. The van der Waals surface area contributed by atoms with E-state index in [4.69, 9.17) is 0 Å². The minimum Gasteiger partial charge on any atom is -0.479 e. The Bertz CT molecular complexity index is 566. The number of fused-ring (bicyclic) bond motifs is 1. The fraction of sp³-hybridized carbons (Fsp3) is 0.286. The van der Waals surface area contributed by atoms with Crippen molar-refractivity contribution >= 4 is 12.1 Å². The molecule has 5 heteroatoms. The van der Waals surface area contributed by atoms with E-state index in [0.717, 1.165) is 10.5 Å². The maximum Gasteiger partial charge on any atom is 0.408 e. The molecule has 1 heterocycles. The van der Waals surface area contributed by atoms with E-state index in [9.17, 15) is 19.8 Å². The van der Waals surface area contributed by atoms with Gasteiger partial charge >= 0.3 is 12.1 Å². The molecule has 1 aliphatic rings. The number of carboxylic acids is 1. The lowest BCUT2D eigenvalue weighted by atomic mass is 9.84. The maximum absolute atomic E-state index is 11.8. The highest BCUT2D eigenvalue weighted by Gasteiger charge is 2.53. The van der Waals surface area contributed by atoms with Crippen LogP contribution in [0.1, 0.15) is 24.5 Å². The van der Waals surface area contributed by atoms with Crippen molar-refractivity contribution in [2.75, 3.05) is 0 Å². The fourth-order valence-corrected chi connectivity index (χ4v) is 2.68. The number of benzene rings is 1. The van der Waals surface area contributed by atoms with Crippen LogP contribution in [0.3, 0.4) is 0 Å². The quantitative estimate of drug-likeness (QED) is 0.819. The first-order valence-electron chi connectivity index (χ1n) is 5.86. The second-order valence-corrected chi connectivity index (χ2v) is 4.83. The highest BCUT2D eigenvalue weighted by Crippen LogP contribution is 2.43. The topological polar surface area (TPSA) is 77.8 Å². The zero-order valence-corrected chi connectivity index (χ0v) is 10.6. The van der Waals surface area contributed by atoms with Gasteiger partial charge < -0.3 is 10.2 Å². The van der Waals surface area contributed by atoms with Gasteiger partial charge in [0.15, 0.2) is 5.54 Å². The predicted octanol–water partition coefficient (Wildman–Crippen LogP) is 2.43. The van der Waals surface area contributed by atoms with E-state index in [0.29, 0.717) is 11.1 Å². The van der Waals surface area contributed by atoms with Gasteiger partial charge in [-0.05, 0) is 18.1 Å². The van der Waals surface area contributed by atoms with Crippen LogP contribution >= 0.6 is 0 Å². The third-order valence-electron chi connectivity index (χ3n) is 3.39. The molecule has 19 heavy (non-hydrogen) atoms. The van der Waals surface area contributed by atoms with E-state index in [2.05, 4.69) is 6.58 Å². The maximum atomic E-state index is 11.8. The number of carbonyl (C=O) groups is 2. The van der Waals surface area contributed by atoms with Gasteiger partial charge in [0.05, 0.1) is 6.54 Å². The number of amides is 1. The van der Waals surface area contributed by atoms with Crippen LogP contribution in [0.2, 0.25) is 0 Å². The third kappa shape index (κ3) is 1.87. The van der Waals surface area contributed by atoms with Crippen molar-refractivity contribution in [3.05, 3.63) is 47.5 Å². The van der Waals surface area contributed by atoms with Gasteiger partial charge in [-0.25, -0.2) is 9.59 Å². The summed E-state index contributed by atoms with van der Waals surface area (Å²) in [6, 6.07) is 6.93. The van der Waals surface area contributed by atoms with E-state index < -0.39 is 17.6 Å². The first-order chi connectivity index (χ1) is 8.89. The van der Waals surface area contributed by atoms with E-state index in [1.807, 2.05) is 0 Å². The van der Waals surface area contributed by atoms with E-state index in [1.54, 1.807) is 31.2 Å². The number of rotatable bonds is 3. The third-order valence-corrected chi connectivity index (χ3v) is 3.39. The van der Waals surface area contributed by atoms with Crippen LogP contribution in [-0.2, 0) is 16.9 Å². The molecule has 1 atom stereocenters. The van der Waals surface area contributed by atoms with Crippen LogP contribution in [0.4, 0.5) is 4.79 Å². The highest BCUT2D eigenvalue weighted by molar-refractivity contribution is 5.88. The molecule has 5 nitrogen and oxygen atoms in total. The van der Waals surface area contributed by atoms with Crippen LogP contribution in [0.25, 0.3) is 0 Å². The summed E-state index contributed by atoms with van der Waals surface area (Å²) in [6.45, 7) is 5.52. The summed E-state index contributed by atoms with van der Waals surface area (Å²) in [6.07, 6.45) is -1.16. The summed E-state index contributed by atoms with van der Waals surface area (Å²) in [5.74, 6) is -1.16. The Labute approximate surface area is 110 Å². The molecule has 0 radical (unpaired) electrons. The van der Waals surface area contributed by atoms with Crippen molar-refractivity contribution < 1.29 is 19.8 Å². The Hall–Kier alpha value is -2.30. The van der Waals surface area contributed by atoms with Gasteiger partial charge in [0.25, 0.3) is 0 Å². The lowest BCUT2D eigenvalue weighted by Crippen LogP contribution is -2.50. The van der Waals surface area contributed by atoms with Gasteiger partial charge in [-0.3, -0.25) is 4.90 Å². The SMILES string of the molecule is C=C(C)CC1(C(=O)O)c2ccccc2CN1C(=O)O. The standard InChI is InChI=1S/C14H15NO4/c1-9(2)7-14(12(16)17)11-6-4-3-5-10(11)8-15(14)13(18)19/h3-6H,1,7-8H2,2H3,(H,16,17)(H,18,19). The van der Waals surface area contributed by atoms with Gasteiger partial charge in [0.1, 0.15) is 0 Å². The van der Waals surface area contributed by atoms with Crippen molar-refractivity contribution in [2.45, 2.75) is 25.4 Å².